The van der Waals surface area contributed by atoms with Crippen molar-refractivity contribution in [1.82, 2.24) is 0 Å². The molecule has 0 amide bonds. The van der Waals surface area contributed by atoms with Gasteiger partial charge < -0.3 is 4.90 Å². The molecule has 1 heterocycles. The summed E-state index contributed by atoms with van der Waals surface area (Å²) in [4.78, 5) is 13.6. The molecule has 1 aromatic rings. The largest absolute Gasteiger partial charge is 0.368 e. The van der Waals surface area contributed by atoms with Gasteiger partial charge >= 0.3 is 0 Å². The quantitative estimate of drug-likeness (QED) is 0.707. The highest BCUT2D eigenvalue weighted by Gasteiger charge is 2.38. The lowest BCUT2D eigenvalue weighted by atomic mass is 10.1. The maximum Gasteiger partial charge on any atom is 0.152 e. The fourth-order valence-electron chi connectivity index (χ4n) is 3.25. The Kier molecular flexibility index (Phi) is 2.23. The van der Waals surface area contributed by atoms with E-state index < -0.39 is 0 Å². The molecule has 1 aromatic carbocycles. The Morgan fingerprint density at radius 2 is 2.25 bits per heavy atom. The first-order chi connectivity index (χ1) is 7.78. The van der Waals surface area contributed by atoms with E-state index in [1.807, 2.05) is 13.0 Å². The molecule has 2 heteroatoms. The first-order valence-corrected chi connectivity index (χ1v) is 6.10. The Labute approximate surface area is 96.3 Å². The van der Waals surface area contributed by atoms with E-state index in [1.165, 1.54) is 19.3 Å². The number of carbonyl (C=O) groups is 1. The molecule has 3 rings (SSSR count). The van der Waals surface area contributed by atoms with Gasteiger partial charge in [-0.05, 0) is 44.2 Å². The average molecular weight is 215 g/mol. The van der Waals surface area contributed by atoms with Crippen LogP contribution in [0.5, 0.6) is 0 Å². The maximum absolute atomic E-state index is 11.1. The summed E-state index contributed by atoms with van der Waals surface area (Å²) in [5.41, 5.74) is 3.16. The number of carbonyl (C=O) groups excluding carboxylic acids is 1. The van der Waals surface area contributed by atoms with Gasteiger partial charge in [0.15, 0.2) is 6.29 Å². The molecule has 1 aliphatic heterocycles. The molecule has 2 fully saturated rings. The van der Waals surface area contributed by atoms with Crippen molar-refractivity contribution < 1.29 is 4.79 Å². The summed E-state index contributed by atoms with van der Waals surface area (Å²) in [6.07, 6.45) is 5.00. The molecule has 2 nitrogen and oxygen atoms in total. The van der Waals surface area contributed by atoms with E-state index in [1.54, 1.807) is 0 Å². The van der Waals surface area contributed by atoms with Gasteiger partial charge in [0.05, 0.1) is 0 Å². The molecule has 16 heavy (non-hydrogen) atoms. The zero-order chi connectivity index (χ0) is 11.1. The number of aldehydes is 1. The standard InChI is InChI=1S/C14H17NO/c1-10-2-5-14(12(6-10)9-16)15-8-11-3-4-13(15)7-11/h2,5-6,9,11,13H,3-4,7-8H2,1H3. The summed E-state index contributed by atoms with van der Waals surface area (Å²) < 4.78 is 0. The van der Waals surface area contributed by atoms with Crippen LogP contribution in [-0.4, -0.2) is 18.9 Å². The Morgan fingerprint density at radius 1 is 1.38 bits per heavy atom. The Hall–Kier alpha value is -1.31. The lowest BCUT2D eigenvalue weighted by molar-refractivity contribution is 0.112. The minimum Gasteiger partial charge on any atom is -0.368 e. The first-order valence-electron chi connectivity index (χ1n) is 6.10. The van der Waals surface area contributed by atoms with Gasteiger partial charge in [-0.15, -0.1) is 0 Å². The molecule has 0 radical (unpaired) electrons. The molecule has 1 saturated carbocycles. The lowest BCUT2D eigenvalue weighted by Gasteiger charge is -2.30. The predicted molar refractivity (Wildman–Crippen MR) is 65.0 cm³/mol. The number of hydrogen-bond donors (Lipinski definition) is 0. The number of piperidine rings is 1. The van der Waals surface area contributed by atoms with Crippen LogP contribution >= 0.6 is 0 Å². The van der Waals surface area contributed by atoms with Crippen molar-refractivity contribution in [3.05, 3.63) is 29.3 Å². The predicted octanol–water partition coefficient (Wildman–Crippen LogP) is 2.80. The van der Waals surface area contributed by atoms with E-state index in [0.29, 0.717) is 6.04 Å². The number of nitrogens with zero attached hydrogens (tertiary/aromatic N) is 1. The van der Waals surface area contributed by atoms with Gasteiger partial charge in [-0.3, -0.25) is 4.79 Å². The number of anilines is 1. The van der Waals surface area contributed by atoms with Crippen molar-refractivity contribution in [1.29, 1.82) is 0 Å². The van der Waals surface area contributed by atoms with Crippen LogP contribution in [0.2, 0.25) is 0 Å². The second-order valence-corrected chi connectivity index (χ2v) is 5.17. The summed E-state index contributed by atoms with van der Waals surface area (Å²) in [5.74, 6) is 0.866. The minimum atomic E-state index is 0.686. The Balaban J connectivity index is 1.97. The molecular formula is C14H17NO. The fraction of sp³-hybridized carbons (Fsp3) is 0.500. The van der Waals surface area contributed by atoms with Crippen LogP contribution in [-0.2, 0) is 0 Å². The zero-order valence-corrected chi connectivity index (χ0v) is 9.65. The molecule has 2 bridgehead atoms. The Bertz CT molecular complexity index is 427. The van der Waals surface area contributed by atoms with Crippen molar-refractivity contribution in [2.24, 2.45) is 5.92 Å². The van der Waals surface area contributed by atoms with E-state index >= 15 is 0 Å². The fourth-order valence-corrected chi connectivity index (χ4v) is 3.25. The summed E-state index contributed by atoms with van der Waals surface area (Å²) in [7, 11) is 0. The molecule has 84 valence electrons. The van der Waals surface area contributed by atoms with Crippen LogP contribution in [0, 0.1) is 12.8 Å². The van der Waals surface area contributed by atoms with Crippen LogP contribution in [0.4, 0.5) is 5.69 Å². The zero-order valence-electron chi connectivity index (χ0n) is 9.65. The van der Waals surface area contributed by atoms with E-state index in [0.717, 1.165) is 35.6 Å². The minimum absolute atomic E-state index is 0.686. The first kappa shape index (κ1) is 9.88. The summed E-state index contributed by atoms with van der Waals surface area (Å²) in [6, 6.07) is 6.90. The topological polar surface area (TPSA) is 20.3 Å². The molecule has 0 spiro atoms. The van der Waals surface area contributed by atoms with Crippen LogP contribution in [0.1, 0.15) is 35.2 Å². The second kappa shape index (κ2) is 3.62. The molecule has 2 atom stereocenters. The van der Waals surface area contributed by atoms with E-state index in [9.17, 15) is 4.79 Å². The van der Waals surface area contributed by atoms with Crippen molar-refractivity contribution in [3.8, 4) is 0 Å². The van der Waals surface area contributed by atoms with Crippen LogP contribution < -0.4 is 4.90 Å². The normalized spacial score (nSPS) is 27.4. The van der Waals surface area contributed by atoms with Crippen LogP contribution in [0.15, 0.2) is 18.2 Å². The van der Waals surface area contributed by atoms with Gasteiger partial charge in [0.2, 0.25) is 0 Å². The highest BCUT2D eigenvalue weighted by molar-refractivity contribution is 5.85. The molecule has 1 aliphatic carbocycles. The van der Waals surface area contributed by atoms with Crippen molar-refractivity contribution in [2.75, 3.05) is 11.4 Å². The van der Waals surface area contributed by atoms with Crippen molar-refractivity contribution in [3.63, 3.8) is 0 Å². The highest BCUT2D eigenvalue weighted by atomic mass is 16.1. The number of aryl methyl sites for hydroxylation is 1. The molecular weight excluding hydrogens is 198 g/mol. The monoisotopic (exact) mass is 215 g/mol. The molecule has 0 N–H and O–H groups in total. The third-order valence-electron chi connectivity index (χ3n) is 4.03. The third-order valence-corrected chi connectivity index (χ3v) is 4.03. The second-order valence-electron chi connectivity index (χ2n) is 5.17. The maximum atomic E-state index is 11.1. The van der Waals surface area contributed by atoms with Crippen molar-refractivity contribution >= 4 is 12.0 Å². The van der Waals surface area contributed by atoms with E-state index in [2.05, 4.69) is 17.0 Å². The van der Waals surface area contributed by atoms with Gasteiger partial charge in [0.25, 0.3) is 0 Å². The van der Waals surface area contributed by atoms with Crippen molar-refractivity contribution in [2.45, 2.75) is 32.2 Å². The summed E-state index contributed by atoms with van der Waals surface area (Å²) in [6.45, 7) is 3.18. The molecule has 0 aromatic heterocycles. The van der Waals surface area contributed by atoms with Gasteiger partial charge in [0.1, 0.15) is 0 Å². The smallest absolute Gasteiger partial charge is 0.152 e. The van der Waals surface area contributed by atoms with Gasteiger partial charge in [-0.25, -0.2) is 0 Å². The lowest BCUT2D eigenvalue weighted by Crippen LogP contribution is -2.32. The van der Waals surface area contributed by atoms with Gasteiger partial charge in [-0.1, -0.05) is 11.6 Å². The average Bonchev–Trinajstić information content (AvgIpc) is 2.90. The molecule has 1 saturated heterocycles. The molecule has 2 unspecified atom stereocenters. The number of rotatable bonds is 2. The number of hydrogen-bond acceptors (Lipinski definition) is 2. The summed E-state index contributed by atoms with van der Waals surface area (Å²) in [5, 5.41) is 0. The summed E-state index contributed by atoms with van der Waals surface area (Å²) >= 11 is 0. The Morgan fingerprint density at radius 3 is 2.88 bits per heavy atom. The van der Waals surface area contributed by atoms with Gasteiger partial charge in [0, 0.05) is 23.8 Å². The SMILES string of the molecule is Cc1ccc(N2CC3CCC2C3)c(C=O)c1. The highest BCUT2D eigenvalue weighted by Crippen LogP contribution is 2.41. The van der Waals surface area contributed by atoms with Crippen LogP contribution in [0.25, 0.3) is 0 Å². The molecule has 2 aliphatic rings. The van der Waals surface area contributed by atoms with E-state index in [-0.39, 0.29) is 0 Å². The van der Waals surface area contributed by atoms with Crippen LogP contribution in [0.3, 0.4) is 0 Å². The van der Waals surface area contributed by atoms with E-state index in [4.69, 9.17) is 0 Å². The third kappa shape index (κ3) is 1.44. The number of fused-ring (bicyclic) bond motifs is 2. The van der Waals surface area contributed by atoms with Gasteiger partial charge in [-0.2, -0.15) is 0 Å². The number of benzene rings is 1.